The molecule has 0 aliphatic carbocycles. The summed E-state index contributed by atoms with van der Waals surface area (Å²) in [6.45, 7) is 8.86. The number of methoxy groups -OCH3 is 1. The van der Waals surface area contributed by atoms with E-state index in [0.717, 1.165) is 17.0 Å². The largest absolute Gasteiger partial charge is 0.496 e. The SMILES string of the molecule is COc1ccccc1CCNC(=O)CCN(C(C)=O)c1ccc(C(C)(C)C)cc1. The average Bonchev–Trinajstić information content (AvgIpc) is 2.68. The second-order valence-electron chi connectivity index (χ2n) is 8.13. The smallest absolute Gasteiger partial charge is 0.223 e. The Bertz CT molecular complexity index is 823. The Morgan fingerprint density at radius 3 is 2.28 bits per heavy atom. The van der Waals surface area contributed by atoms with Crippen LogP contribution >= 0.6 is 0 Å². The van der Waals surface area contributed by atoms with E-state index in [1.165, 1.54) is 12.5 Å². The van der Waals surface area contributed by atoms with Gasteiger partial charge in [0.1, 0.15) is 5.75 Å². The highest BCUT2D eigenvalue weighted by Crippen LogP contribution is 2.25. The number of hydrogen-bond donors (Lipinski definition) is 1. The fourth-order valence-electron chi connectivity index (χ4n) is 3.16. The van der Waals surface area contributed by atoms with Crippen molar-refractivity contribution in [2.24, 2.45) is 0 Å². The van der Waals surface area contributed by atoms with Crippen LogP contribution < -0.4 is 15.0 Å². The monoisotopic (exact) mass is 396 g/mol. The summed E-state index contributed by atoms with van der Waals surface area (Å²) in [6, 6.07) is 15.7. The number of carbonyl (C=O) groups excluding carboxylic acids is 2. The van der Waals surface area contributed by atoms with Gasteiger partial charge in [-0.15, -0.1) is 0 Å². The third kappa shape index (κ3) is 6.63. The van der Waals surface area contributed by atoms with Crippen LogP contribution in [0.1, 0.15) is 45.2 Å². The summed E-state index contributed by atoms with van der Waals surface area (Å²) >= 11 is 0. The second-order valence-corrected chi connectivity index (χ2v) is 8.13. The number of para-hydroxylation sites is 1. The van der Waals surface area contributed by atoms with Crippen molar-refractivity contribution in [1.82, 2.24) is 5.32 Å². The summed E-state index contributed by atoms with van der Waals surface area (Å²) in [7, 11) is 1.64. The molecule has 5 heteroatoms. The van der Waals surface area contributed by atoms with Gasteiger partial charge in [0.05, 0.1) is 7.11 Å². The number of nitrogens with one attached hydrogen (secondary N) is 1. The molecule has 0 aliphatic rings. The van der Waals surface area contributed by atoms with Gasteiger partial charge in [0, 0.05) is 32.1 Å². The van der Waals surface area contributed by atoms with Gasteiger partial charge in [0.25, 0.3) is 0 Å². The quantitative estimate of drug-likeness (QED) is 0.731. The molecular weight excluding hydrogens is 364 g/mol. The van der Waals surface area contributed by atoms with Crippen molar-refractivity contribution in [3.8, 4) is 5.75 Å². The Morgan fingerprint density at radius 2 is 1.69 bits per heavy atom. The third-order valence-corrected chi connectivity index (χ3v) is 4.90. The van der Waals surface area contributed by atoms with Crippen LogP contribution in [-0.4, -0.2) is 32.0 Å². The van der Waals surface area contributed by atoms with E-state index in [9.17, 15) is 9.59 Å². The van der Waals surface area contributed by atoms with E-state index in [1.54, 1.807) is 12.0 Å². The minimum atomic E-state index is -0.0738. The fraction of sp³-hybridized carbons (Fsp3) is 0.417. The summed E-state index contributed by atoms with van der Waals surface area (Å²) in [4.78, 5) is 26.0. The van der Waals surface area contributed by atoms with Crippen molar-refractivity contribution in [2.75, 3.05) is 25.1 Å². The van der Waals surface area contributed by atoms with Crippen LogP contribution in [0.3, 0.4) is 0 Å². The number of anilines is 1. The van der Waals surface area contributed by atoms with E-state index in [2.05, 4.69) is 26.1 Å². The summed E-state index contributed by atoms with van der Waals surface area (Å²) in [6.07, 6.45) is 0.951. The number of benzene rings is 2. The predicted octanol–water partition coefficient (Wildman–Crippen LogP) is 4.09. The Hall–Kier alpha value is -2.82. The molecule has 2 rings (SSSR count). The lowest BCUT2D eigenvalue weighted by Gasteiger charge is -2.23. The molecule has 0 aliphatic heterocycles. The van der Waals surface area contributed by atoms with Gasteiger partial charge in [-0.2, -0.15) is 0 Å². The van der Waals surface area contributed by atoms with Crippen molar-refractivity contribution in [3.63, 3.8) is 0 Å². The Labute approximate surface area is 174 Å². The molecule has 0 atom stereocenters. The van der Waals surface area contributed by atoms with Crippen LogP contribution in [0.2, 0.25) is 0 Å². The van der Waals surface area contributed by atoms with Crippen molar-refractivity contribution < 1.29 is 14.3 Å². The van der Waals surface area contributed by atoms with Gasteiger partial charge in [-0.05, 0) is 41.2 Å². The zero-order valence-electron chi connectivity index (χ0n) is 18.1. The molecule has 156 valence electrons. The predicted molar refractivity (Wildman–Crippen MR) is 117 cm³/mol. The van der Waals surface area contributed by atoms with Crippen LogP contribution in [0.15, 0.2) is 48.5 Å². The summed E-state index contributed by atoms with van der Waals surface area (Å²) in [5.41, 5.74) is 3.13. The molecule has 0 saturated heterocycles. The highest BCUT2D eigenvalue weighted by Gasteiger charge is 2.16. The van der Waals surface area contributed by atoms with Crippen molar-refractivity contribution in [2.45, 2.75) is 46.0 Å². The first-order valence-corrected chi connectivity index (χ1v) is 9.99. The van der Waals surface area contributed by atoms with E-state index >= 15 is 0 Å². The zero-order chi connectivity index (χ0) is 21.4. The molecule has 0 radical (unpaired) electrons. The van der Waals surface area contributed by atoms with Crippen molar-refractivity contribution >= 4 is 17.5 Å². The van der Waals surface area contributed by atoms with Crippen LogP contribution in [-0.2, 0) is 21.4 Å². The molecule has 0 spiro atoms. The Balaban J connectivity index is 1.88. The summed E-state index contributed by atoms with van der Waals surface area (Å²) in [5, 5.41) is 2.92. The molecule has 2 amide bonds. The number of ether oxygens (including phenoxy) is 1. The van der Waals surface area contributed by atoms with Crippen LogP contribution in [0.4, 0.5) is 5.69 Å². The molecule has 5 nitrogen and oxygen atoms in total. The molecule has 0 heterocycles. The average molecular weight is 397 g/mol. The third-order valence-electron chi connectivity index (χ3n) is 4.90. The van der Waals surface area contributed by atoms with Gasteiger partial charge in [-0.1, -0.05) is 51.1 Å². The van der Waals surface area contributed by atoms with Crippen LogP contribution in [0.25, 0.3) is 0 Å². The van der Waals surface area contributed by atoms with E-state index in [4.69, 9.17) is 4.74 Å². The first kappa shape index (κ1) is 22.5. The highest BCUT2D eigenvalue weighted by atomic mass is 16.5. The lowest BCUT2D eigenvalue weighted by molar-refractivity contribution is -0.121. The number of hydrogen-bond acceptors (Lipinski definition) is 3. The fourth-order valence-corrected chi connectivity index (χ4v) is 3.16. The van der Waals surface area contributed by atoms with Crippen molar-refractivity contribution in [3.05, 3.63) is 59.7 Å². The van der Waals surface area contributed by atoms with Gasteiger partial charge in [0.2, 0.25) is 11.8 Å². The molecule has 2 aromatic carbocycles. The lowest BCUT2D eigenvalue weighted by atomic mass is 9.87. The molecule has 0 aromatic heterocycles. The van der Waals surface area contributed by atoms with Gasteiger partial charge >= 0.3 is 0 Å². The van der Waals surface area contributed by atoms with E-state index in [0.29, 0.717) is 19.5 Å². The first-order valence-electron chi connectivity index (χ1n) is 9.99. The zero-order valence-corrected chi connectivity index (χ0v) is 18.1. The molecule has 0 bridgehead atoms. The molecule has 0 fully saturated rings. The summed E-state index contributed by atoms with van der Waals surface area (Å²) in [5.74, 6) is 0.677. The minimum Gasteiger partial charge on any atom is -0.496 e. The van der Waals surface area contributed by atoms with E-state index < -0.39 is 0 Å². The molecular formula is C24H32N2O3. The van der Waals surface area contributed by atoms with Gasteiger partial charge < -0.3 is 15.0 Å². The molecule has 1 N–H and O–H groups in total. The topological polar surface area (TPSA) is 58.6 Å². The number of nitrogens with zero attached hydrogens (tertiary/aromatic N) is 1. The Kier molecular flexibility index (Phi) is 7.82. The van der Waals surface area contributed by atoms with Gasteiger partial charge in [0.15, 0.2) is 0 Å². The lowest BCUT2D eigenvalue weighted by Crippen LogP contribution is -2.34. The van der Waals surface area contributed by atoms with Crippen molar-refractivity contribution in [1.29, 1.82) is 0 Å². The first-order chi connectivity index (χ1) is 13.7. The van der Waals surface area contributed by atoms with E-state index in [-0.39, 0.29) is 23.7 Å². The molecule has 0 unspecified atom stereocenters. The number of rotatable bonds is 8. The maximum Gasteiger partial charge on any atom is 0.223 e. The second kappa shape index (κ2) is 10.1. The van der Waals surface area contributed by atoms with Gasteiger partial charge in [-0.25, -0.2) is 0 Å². The van der Waals surface area contributed by atoms with E-state index in [1.807, 2.05) is 48.5 Å². The highest BCUT2D eigenvalue weighted by molar-refractivity contribution is 5.92. The standard InChI is InChI=1S/C24H32N2O3/c1-18(27)26(21-12-10-20(11-13-21)24(2,3)4)17-15-23(28)25-16-14-19-8-6-7-9-22(19)29-5/h6-13H,14-17H2,1-5H3,(H,25,28). The normalized spacial score (nSPS) is 11.1. The maximum absolute atomic E-state index is 12.3. The Morgan fingerprint density at radius 1 is 1.03 bits per heavy atom. The summed E-state index contributed by atoms with van der Waals surface area (Å²) < 4.78 is 5.33. The van der Waals surface area contributed by atoms with Crippen LogP contribution in [0, 0.1) is 0 Å². The van der Waals surface area contributed by atoms with Crippen LogP contribution in [0.5, 0.6) is 5.75 Å². The molecule has 0 saturated carbocycles. The molecule has 29 heavy (non-hydrogen) atoms. The number of carbonyl (C=O) groups is 2. The van der Waals surface area contributed by atoms with Gasteiger partial charge in [-0.3, -0.25) is 9.59 Å². The maximum atomic E-state index is 12.3. The molecule has 2 aromatic rings. The number of amides is 2. The minimum absolute atomic E-state index is 0.0565.